The Kier molecular flexibility index (Phi) is 10.1. The van der Waals surface area contributed by atoms with E-state index in [-0.39, 0.29) is 17.6 Å². The smallest absolute Gasteiger partial charge is 0.411 e. The zero-order valence-corrected chi connectivity index (χ0v) is 16.8. The maximum Gasteiger partial charge on any atom is 0.411 e. The van der Waals surface area contributed by atoms with Gasteiger partial charge in [-0.05, 0) is 52.0 Å². The summed E-state index contributed by atoms with van der Waals surface area (Å²) in [5.41, 5.74) is -0.611. The number of hydrogen-bond acceptors (Lipinski definition) is 4. The van der Waals surface area contributed by atoms with E-state index < -0.39 is 17.7 Å². The second-order valence-electron chi connectivity index (χ2n) is 7.18. The summed E-state index contributed by atoms with van der Waals surface area (Å²) in [5.74, 6) is 0.0153. The fraction of sp³-hybridized carbons (Fsp3) is 0.750. The summed E-state index contributed by atoms with van der Waals surface area (Å²) >= 11 is 0. The molecule has 142 valence electrons. The highest BCUT2D eigenvalue weighted by atomic mass is 16.6. The Balaban J connectivity index is 0.00000277. The molecule has 1 amide bonds. The van der Waals surface area contributed by atoms with E-state index in [1.54, 1.807) is 26.8 Å². The van der Waals surface area contributed by atoms with Crippen molar-refractivity contribution in [2.24, 2.45) is 11.8 Å². The number of carbonyl (C=O) groups is 2. The SMILES string of the molecule is CC.CCCN(C(=O)OC(C)(C)C)C(C#N)CC1C(=O)C=CCC1C. The van der Waals surface area contributed by atoms with E-state index >= 15 is 0 Å². The highest BCUT2D eigenvalue weighted by Crippen LogP contribution is 2.28. The number of nitrogens with zero attached hydrogens (tertiary/aromatic N) is 2. The summed E-state index contributed by atoms with van der Waals surface area (Å²) in [6.45, 7) is 13.8. The molecule has 1 aliphatic rings. The van der Waals surface area contributed by atoms with E-state index in [0.717, 1.165) is 12.8 Å². The molecule has 3 atom stereocenters. The molecule has 3 unspecified atom stereocenters. The average Bonchev–Trinajstić information content (AvgIpc) is 2.53. The Bertz CT molecular complexity index is 500. The third-order valence-electron chi connectivity index (χ3n) is 3.94. The van der Waals surface area contributed by atoms with Gasteiger partial charge < -0.3 is 4.74 Å². The number of allylic oxidation sites excluding steroid dienone is 2. The molecule has 0 spiro atoms. The van der Waals surface area contributed by atoms with Crippen LogP contribution in [0.25, 0.3) is 0 Å². The molecule has 0 N–H and O–H groups in total. The third-order valence-corrected chi connectivity index (χ3v) is 3.94. The van der Waals surface area contributed by atoms with Gasteiger partial charge in [-0.25, -0.2) is 4.79 Å². The molecule has 0 saturated carbocycles. The van der Waals surface area contributed by atoms with E-state index in [1.807, 2.05) is 33.8 Å². The summed E-state index contributed by atoms with van der Waals surface area (Å²) in [4.78, 5) is 26.0. The fourth-order valence-corrected chi connectivity index (χ4v) is 2.74. The normalized spacial score (nSPS) is 20.8. The van der Waals surface area contributed by atoms with Crippen LogP contribution < -0.4 is 0 Å². The summed E-state index contributed by atoms with van der Waals surface area (Å²) in [6.07, 6.45) is 4.90. The lowest BCUT2D eigenvalue weighted by Crippen LogP contribution is -2.45. The van der Waals surface area contributed by atoms with Crippen molar-refractivity contribution in [3.05, 3.63) is 12.2 Å². The topological polar surface area (TPSA) is 70.4 Å². The van der Waals surface area contributed by atoms with Gasteiger partial charge in [-0.1, -0.05) is 33.8 Å². The zero-order chi connectivity index (χ0) is 19.6. The van der Waals surface area contributed by atoms with Gasteiger partial charge in [0.1, 0.15) is 11.6 Å². The van der Waals surface area contributed by atoms with Crippen molar-refractivity contribution in [2.75, 3.05) is 6.54 Å². The lowest BCUT2D eigenvalue weighted by Gasteiger charge is -2.33. The van der Waals surface area contributed by atoms with Gasteiger partial charge in [-0.3, -0.25) is 9.69 Å². The van der Waals surface area contributed by atoms with Crippen molar-refractivity contribution >= 4 is 11.9 Å². The Morgan fingerprint density at radius 2 is 2.04 bits per heavy atom. The van der Waals surface area contributed by atoms with Gasteiger partial charge in [-0.2, -0.15) is 5.26 Å². The summed E-state index contributed by atoms with van der Waals surface area (Å²) in [5, 5.41) is 9.54. The summed E-state index contributed by atoms with van der Waals surface area (Å²) in [6, 6.07) is 1.55. The monoisotopic (exact) mass is 350 g/mol. The number of hydrogen-bond donors (Lipinski definition) is 0. The van der Waals surface area contributed by atoms with Crippen molar-refractivity contribution in [3.8, 4) is 6.07 Å². The minimum absolute atomic E-state index is 0.0460. The van der Waals surface area contributed by atoms with E-state index in [2.05, 4.69) is 6.07 Å². The molecule has 1 aliphatic carbocycles. The van der Waals surface area contributed by atoms with Gasteiger partial charge in [0, 0.05) is 12.5 Å². The van der Waals surface area contributed by atoms with Crippen molar-refractivity contribution in [1.29, 1.82) is 5.26 Å². The maximum atomic E-state index is 12.4. The van der Waals surface area contributed by atoms with Crippen LogP contribution in [0.4, 0.5) is 4.79 Å². The largest absolute Gasteiger partial charge is 0.444 e. The Hall–Kier alpha value is -1.83. The second kappa shape index (κ2) is 10.9. The first-order valence-electron chi connectivity index (χ1n) is 9.29. The maximum absolute atomic E-state index is 12.4. The Morgan fingerprint density at radius 1 is 1.44 bits per heavy atom. The van der Waals surface area contributed by atoms with Crippen molar-refractivity contribution < 1.29 is 14.3 Å². The number of ether oxygens (including phenoxy) is 1. The first-order valence-corrected chi connectivity index (χ1v) is 9.29. The van der Waals surface area contributed by atoms with Crippen LogP contribution in [0, 0.1) is 23.2 Å². The molecule has 5 nitrogen and oxygen atoms in total. The minimum atomic E-state index is -0.646. The number of carbonyl (C=O) groups excluding carboxylic acids is 2. The molecule has 0 aromatic carbocycles. The second-order valence-corrected chi connectivity index (χ2v) is 7.18. The van der Waals surface area contributed by atoms with Crippen LogP contribution in [-0.2, 0) is 9.53 Å². The van der Waals surface area contributed by atoms with Gasteiger partial charge in [0.15, 0.2) is 5.78 Å². The van der Waals surface area contributed by atoms with Crippen molar-refractivity contribution in [3.63, 3.8) is 0 Å². The van der Waals surface area contributed by atoms with Gasteiger partial charge in [0.05, 0.1) is 6.07 Å². The number of nitriles is 1. The molecule has 0 fully saturated rings. The summed E-state index contributed by atoms with van der Waals surface area (Å²) < 4.78 is 5.42. The fourth-order valence-electron chi connectivity index (χ4n) is 2.74. The van der Waals surface area contributed by atoms with Gasteiger partial charge in [-0.15, -0.1) is 0 Å². The molecule has 0 heterocycles. The zero-order valence-electron chi connectivity index (χ0n) is 16.8. The molecule has 0 aromatic rings. The predicted molar refractivity (Wildman–Crippen MR) is 100 cm³/mol. The van der Waals surface area contributed by atoms with Crippen LogP contribution in [0.15, 0.2) is 12.2 Å². The van der Waals surface area contributed by atoms with Crippen LogP contribution in [0.5, 0.6) is 0 Å². The molecule has 5 heteroatoms. The van der Waals surface area contributed by atoms with Crippen LogP contribution in [0.2, 0.25) is 0 Å². The molecular weight excluding hydrogens is 316 g/mol. The highest BCUT2D eigenvalue weighted by molar-refractivity contribution is 5.92. The summed E-state index contributed by atoms with van der Waals surface area (Å²) in [7, 11) is 0. The van der Waals surface area contributed by atoms with E-state index in [0.29, 0.717) is 13.0 Å². The van der Waals surface area contributed by atoms with Crippen molar-refractivity contribution in [1.82, 2.24) is 4.90 Å². The molecule has 0 saturated heterocycles. The standard InChI is InChI=1S/C18H28N2O3.C2H6/c1-6-10-20(17(22)23-18(3,4)5)14(12-19)11-15-13(2)8-7-9-16(15)21;1-2/h7,9,13-15H,6,8,10-11H2,1-5H3;1-2H3. The van der Waals surface area contributed by atoms with E-state index in [4.69, 9.17) is 4.74 Å². The molecule has 0 bridgehead atoms. The number of ketones is 1. The molecular formula is C20H34N2O3. The van der Waals surface area contributed by atoms with Crippen LogP contribution in [0.1, 0.15) is 67.7 Å². The van der Waals surface area contributed by atoms with Crippen LogP contribution >= 0.6 is 0 Å². The molecule has 0 aliphatic heterocycles. The lowest BCUT2D eigenvalue weighted by atomic mass is 9.79. The van der Waals surface area contributed by atoms with E-state index in [9.17, 15) is 14.9 Å². The molecule has 0 radical (unpaired) electrons. The minimum Gasteiger partial charge on any atom is -0.444 e. The Morgan fingerprint density at radius 3 is 2.48 bits per heavy atom. The van der Waals surface area contributed by atoms with Crippen LogP contribution in [0.3, 0.4) is 0 Å². The van der Waals surface area contributed by atoms with Crippen LogP contribution in [-0.4, -0.2) is 35.0 Å². The van der Waals surface area contributed by atoms with E-state index in [1.165, 1.54) is 4.90 Å². The van der Waals surface area contributed by atoms with Gasteiger partial charge in [0.25, 0.3) is 0 Å². The molecule has 1 rings (SSSR count). The first-order chi connectivity index (χ1) is 11.7. The average molecular weight is 351 g/mol. The number of rotatable bonds is 5. The third kappa shape index (κ3) is 7.72. The van der Waals surface area contributed by atoms with Gasteiger partial charge in [0.2, 0.25) is 0 Å². The van der Waals surface area contributed by atoms with Gasteiger partial charge >= 0.3 is 6.09 Å². The number of amides is 1. The predicted octanol–water partition coefficient (Wildman–Crippen LogP) is 4.72. The Labute approximate surface area is 153 Å². The quantitative estimate of drug-likeness (QED) is 0.719. The molecule has 25 heavy (non-hydrogen) atoms. The lowest BCUT2D eigenvalue weighted by molar-refractivity contribution is -0.120. The highest BCUT2D eigenvalue weighted by Gasteiger charge is 2.34. The first kappa shape index (κ1) is 23.2. The molecule has 0 aromatic heterocycles. The van der Waals surface area contributed by atoms with Crippen molar-refractivity contribution in [2.45, 2.75) is 79.4 Å².